The van der Waals surface area contributed by atoms with Crippen molar-refractivity contribution in [2.24, 2.45) is 0 Å². The molecule has 0 aliphatic heterocycles. The summed E-state index contributed by atoms with van der Waals surface area (Å²) in [7, 11) is 0. The lowest BCUT2D eigenvalue weighted by molar-refractivity contribution is 0.475. The van der Waals surface area contributed by atoms with Gasteiger partial charge in [-0.15, -0.1) is 11.8 Å². The zero-order valence-corrected chi connectivity index (χ0v) is 11.5. The molecular weight excluding hydrogens is 270 g/mol. The molecule has 3 aromatic rings. The van der Waals surface area contributed by atoms with E-state index in [4.69, 9.17) is 4.42 Å². The predicted molar refractivity (Wildman–Crippen MR) is 79.6 cm³/mol. The Morgan fingerprint density at radius 2 is 1.75 bits per heavy atom. The maximum Gasteiger partial charge on any atom is 0.226 e. The minimum Gasteiger partial charge on any atom is -0.508 e. The fourth-order valence-electron chi connectivity index (χ4n) is 1.79. The van der Waals surface area contributed by atoms with E-state index >= 15 is 0 Å². The van der Waals surface area contributed by atoms with Gasteiger partial charge in [0.25, 0.3) is 0 Å². The summed E-state index contributed by atoms with van der Waals surface area (Å²) in [5, 5.41) is 9.23. The van der Waals surface area contributed by atoms with Gasteiger partial charge >= 0.3 is 0 Å². The van der Waals surface area contributed by atoms with E-state index in [2.05, 4.69) is 4.98 Å². The van der Waals surface area contributed by atoms with Crippen molar-refractivity contribution >= 4 is 11.8 Å². The summed E-state index contributed by atoms with van der Waals surface area (Å²) in [6.07, 6.45) is 1.69. The molecule has 0 saturated heterocycles. The lowest BCUT2D eigenvalue weighted by atomic mass is 10.2. The summed E-state index contributed by atoms with van der Waals surface area (Å²) in [5.74, 6) is 1.66. The smallest absolute Gasteiger partial charge is 0.226 e. The third kappa shape index (κ3) is 3.03. The summed E-state index contributed by atoms with van der Waals surface area (Å²) in [6, 6.07) is 17.0. The van der Waals surface area contributed by atoms with Gasteiger partial charge in [0.15, 0.2) is 0 Å². The normalized spacial score (nSPS) is 10.6. The number of nitrogens with zero attached hydrogens (tertiary/aromatic N) is 1. The van der Waals surface area contributed by atoms with Crippen LogP contribution in [-0.4, -0.2) is 10.1 Å². The van der Waals surface area contributed by atoms with Crippen LogP contribution in [-0.2, 0) is 5.75 Å². The van der Waals surface area contributed by atoms with Crippen molar-refractivity contribution in [3.63, 3.8) is 0 Å². The third-order valence-corrected chi connectivity index (χ3v) is 3.84. The Balaban J connectivity index is 1.67. The molecule has 1 aromatic heterocycles. The summed E-state index contributed by atoms with van der Waals surface area (Å²) >= 11 is 1.66. The van der Waals surface area contributed by atoms with E-state index in [1.165, 1.54) is 0 Å². The van der Waals surface area contributed by atoms with Crippen molar-refractivity contribution in [2.75, 3.05) is 0 Å². The van der Waals surface area contributed by atoms with Crippen LogP contribution in [0.4, 0.5) is 0 Å². The number of rotatable bonds is 4. The van der Waals surface area contributed by atoms with Crippen molar-refractivity contribution in [1.29, 1.82) is 0 Å². The van der Waals surface area contributed by atoms with Crippen LogP contribution in [0.2, 0.25) is 0 Å². The van der Waals surface area contributed by atoms with E-state index in [1.54, 1.807) is 30.2 Å². The van der Waals surface area contributed by atoms with Crippen LogP contribution in [0.5, 0.6) is 5.75 Å². The summed E-state index contributed by atoms with van der Waals surface area (Å²) < 4.78 is 5.49. The zero-order valence-electron chi connectivity index (χ0n) is 10.7. The standard InChI is InChI=1S/C16H13NO2S/c18-14-6-8-15(9-7-14)20-11-13-10-19-16(17-13)12-4-2-1-3-5-12/h1-10,18H,11H2. The molecule has 20 heavy (non-hydrogen) atoms. The number of oxazole rings is 1. The third-order valence-electron chi connectivity index (χ3n) is 2.80. The first-order chi connectivity index (χ1) is 9.81. The molecule has 2 aromatic carbocycles. The first-order valence-corrected chi connectivity index (χ1v) is 7.21. The van der Waals surface area contributed by atoms with E-state index < -0.39 is 0 Å². The van der Waals surface area contributed by atoms with Crippen LogP contribution in [0.15, 0.2) is 70.2 Å². The molecule has 0 bridgehead atoms. The zero-order chi connectivity index (χ0) is 13.8. The first kappa shape index (κ1) is 12.8. The average Bonchev–Trinajstić information content (AvgIpc) is 2.97. The fourth-order valence-corrected chi connectivity index (χ4v) is 2.56. The van der Waals surface area contributed by atoms with Crippen LogP contribution in [0, 0.1) is 0 Å². The van der Waals surface area contributed by atoms with Crippen molar-refractivity contribution in [2.45, 2.75) is 10.6 Å². The van der Waals surface area contributed by atoms with Crippen molar-refractivity contribution < 1.29 is 9.52 Å². The molecule has 0 atom stereocenters. The van der Waals surface area contributed by atoms with Gasteiger partial charge < -0.3 is 9.52 Å². The van der Waals surface area contributed by atoms with Gasteiger partial charge in [0.1, 0.15) is 12.0 Å². The Morgan fingerprint density at radius 1 is 1.00 bits per heavy atom. The predicted octanol–water partition coefficient (Wildman–Crippen LogP) is 4.34. The van der Waals surface area contributed by atoms with Crippen molar-refractivity contribution in [3.8, 4) is 17.2 Å². The first-order valence-electron chi connectivity index (χ1n) is 6.23. The number of phenols is 1. The van der Waals surface area contributed by atoms with Gasteiger partial charge in [0, 0.05) is 16.2 Å². The van der Waals surface area contributed by atoms with E-state index in [-0.39, 0.29) is 5.75 Å². The SMILES string of the molecule is Oc1ccc(SCc2coc(-c3ccccc3)n2)cc1. The van der Waals surface area contributed by atoms with Crippen LogP contribution >= 0.6 is 11.8 Å². The number of benzene rings is 2. The largest absolute Gasteiger partial charge is 0.508 e. The summed E-state index contributed by atoms with van der Waals surface area (Å²) in [4.78, 5) is 5.57. The van der Waals surface area contributed by atoms with Gasteiger partial charge in [-0.25, -0.2) is 4.98 Å². The van der Waals surface area contributed by atoms with Crippen LogP contribution in [0.3, 0.4) is 0 Å². The molecule has 0 aliphatic rings. The van der Waals surface area contributed by atoms with Crippen molar-refractivity contribution in [1.82, 2.24) is 4.98 Å². The van der Waals surface area contributed by atoms with E-state index in [9.17, 15) is 5.11 Å². The van der Waals surface area contributed by atoms with Gasteiger partial charge in [-0.2, -0.15) is 0 Å². The van der Waals surface area contributed by atoms with Gasteiger partial charge in [-0.05, 0) is 36.4 Å². The molecule has 0 spiro atoms. The lowest BCUT2D eigenvalue weighted by Gasteiger charge is -1.98. The number of hydrogen-bond acceptors (Lipinski definition) is 4. The number of phenolic OH excluding ortho intramolecular Hbond substituents is 1. The second-order valence-electron chi connectivity index (χ2n) is 4.29. The van der Waals surface area contributed by atoms with Gasteiger partial charge in [-0.3, -0.25) is 0 Å². The van der Waals surface area contributed by atoms with Crippen LogP contribution in [0.25, 0.3) is 11.5 Å². The van der Waals surface area contributed by atoms with E-state index in [0.717, 1.165) is 21.9 Å². The molecule has 0 radical (unpaired) electrons. The molecule has 4 heteroatoms. The second-order valence-corrected chi connectivity index (χ2v) is 5.34. The Morgan fingerprint density at radius 3 is 2.50 bits per heavy atom. The maximum absolute atomic E-state index is 9.23. The number of aromatic hydroxyl groups is 1. The van der Waals surface area contributed by atoms with Gasteiger partial charge in [0.05, 0.1) is 5.69 Å². The molecule has 0 unspecified atom stereocenters. The molecule has 0 amide bonds. The minimum absolute atomic E-state index is 0.280. The Bertz CT molecular complexity index is 677. The number of thioether (sulfide) groups is 1. The van der Waals surface area contributed by atoms with Crippen molar-refractivity contribution in [3.05, 3.63) is 66.6 Å². The minimum atomic E-state index is 0.280. The molecule has 1 heterocycles. The Kier molecular flexibility index (Phi) is 3.74. The molecular formula is C16H13NO2S. The molecule has 0 fully saturated rings. The average molecular weight is 283 g/mol. The highest BCUT2D eigenvalue weighted by molar-refractivity contribution is 7.98. The molecule has 0 saturated carbocycles. The molecule has 3 nitrogen and oxygen atoms in total. The highest BCUT2D eigenvalue weighted by Crippen LogP contribution is 2.26. The fraction of sp³-hybridized carbons (Fsp3) is 0.0625. The monoisotopic (exact) mass is 283 g/mol. The summed E-state index contributed by atoms with van der Waals surface area (Å²) in [6.45, 7) is 0. The van der Waals surface area contributed by atoms with E-state index in [0.29, 0.717) is 5.89 Å². The van der Waals surface area contributed by atoms with E-state index in [1.807, 2.05) is 42.5 Å². The molecule has 100 valence electrons. The quantitative estimate of drug-likeness (QED) is 0.723. The topological polar surface area (TPSA) is 46.3 Å². The van der Waals surface area contributed by atoms with Gasteiger partial charge in [-0.1, -0.05) is 18.2 Å². The second kappa shape index (κ2) is 5.84. The number of hydrogen-bond donors (Lipinski definition) is 1. The Hall–Kier alpha value is -2.20. The molecule has 1 N–H and O–H groups in total. The van der Waals surface area contributed by atoms with Gasteiger partial charge in [0.2, 0.25) is 5.89 Å². The van der Waals surface area contributed by atoms with Crippen LogP contribution in [0.1, 0.15) is 5.69 Å². The molecule has 0 aliphatic carbocycles. The molecule has 3 rings (SSSR count). The summed E-state index contributed by atoms with van der Waals surface area (Å²) in [5.41, 5.74) is 1.88. The number of aromatic nitrogens is 1. The lowest BCUT2D eigenvalue weighted by Crippen LogP contribution is -1.82. The maximum atomic E-state index is 9.23. The Labute approximate surface area is 121 Å². The van der Waals surface area contributed by atoms with Crippen LogP contribution < -0.4 is 0 Å². The highest BCUT2D eigenvalue weighted by Gasteiger charge is 2.06. The highest BCUT2D eigenvalue weighted by atomic mass is 32.2.